The van der Waals surface area contributed by atoms with Crippen molar-refractivity contribution in [1.82, 2.24) is 0 Å². The average Bonchev–Trinajstić information content (AvgIpc) is 3.77. The maximum atomic E-state index is 2.70. The summed E-state index contributed by atoms with van der Waals surface area (Å²) in [4.78, 5) is 0. The monoisotopic (exact) mass is 682 g/mol. The number of allylic oxidation sites excluding steroid dienone is 2. The highest BCUT2D eigenvalue weighted by Gasteiger charge is 2.50. The van der Waals surface area contributed by atoms with Gasteiger partial charge in [0.05, 0.1) is 8.07 Å². The molecule has 0 bridgehead atoms. The summed E-state index contributed by atoms with van der Waals surface area (Å²) < 4.78 is 0. The van der Waals surface area contributed by atoms with E-state index in [1.165, 1.54) is 68.5 Å². The molecule has 0 saturated heterocycles. The van der Waals surface area contributed by atoms with Crippen molar-refractivity contribution >= 4 is 20.2 Å². The van der Waals surface area contributed by atoms with E-state index in [9.17, 15) is 0 Å². The molecule has 1 fully saturated rings. The lowest BCUT2D eigenvalue weighted by Crippen LogP contribution is -2.42. The van der Waals surface area contributed by atoms with Gasteiger partial charge in [-0.2, -0.15) is 0 Å². The Balaban J connectivity index is 1.24. The smallest absolute Gasteiger partial charge is 0.0679 e. The van der Waals surface area contributed by atoms with Crippen LogP contribution in [0.2, 0.25) is 13.1 Å². The number of rotatable bonds is 6. The molecule has 0 nitrogen and oxygen atoms in total. The van der Waals surface area contributed by atoms with Gasteiger partial charge in [-0.05, 0) is 103 Å². The standard InChI is InChI=1S/C50H54Si/c1-32-27-45-39(35-28-36(49(2,3)4)30-37(29-35)50(5,6)7)21-15-23-42(45)47(32)51(8,9)48-43-24-16-22-41(46(43)31-44(48)34-25-26-34)40-20-14-13-19-38(40)33-17-11-10-12-18-33/h10-24,27-31,34,47-48H,25-26H2,1-9H3. The van der Waals surface area contributed by atoms with E-state index in [1.54, 1.807) is 22.3 Å². The molecule has 8 rings (SSSR count). The number of fused-ring (bicyclic) bond motifs is 2. The van der Waals surface area contributed by atoms with Gasteiger partial charge >= 0.3 is 0 Å². The Morgan fingerprint density at radius 3 is 1.65 bits per heavy atom. The van der Waals surface area contributed by atoms with E-state index in [-0.39, 0.29) is 10.8 Å². The second kappa shape index (κ2) is 12.2. The highest BCUT2D eigenvalue weighted by Crippen LogP contribution is 2.59. The molecule has 1 saturated carbocycles. The van der Waals surface area contributed by atoms with Crippen LogP contribution in [-0.2, 0) is 10.8 Å². The fraction of sp³-hybridized carbons (Fsp3) is 0.320. The molecule has 2 unspecified atom stereocenters. The third kappa shape index (κ3) is 5.92. The Labute approximate surface area is 308 Å². The van der Waals surface area contributed by atoms with Crippen LogP contribution in [0, 0.1) is 5.92 Å². The Bertz CT molecular complexity index is 2180. The van der Waals surface area contributed by atoms with E-state index in [1.807, 2.05) is 0 Å². The van der Waals surface area contributed by atoms with Gasteiger partial charge in [-0.25, -0.2) is 0 Å². The first kappa shape index (κ1) is 33.9. The van der Waals surface area contributed by atoms with Crippen LogP contribution in [0.25, 0.3) is 45.5 Å². The Hall–Kier alpha value is -4.20. The molecule has 0 spiro atoms. The van der Waals surface area contributed by atoms with Crippen LogP contribution in [0.1, 0.15) is 106 Å². The number of hydrogen-bond donors (Lipinski definition) is 0. The first-order chi connectivity index (χ1) is 24.2. The fourth-order valence-corrected chi connectivity index (χ4v) is 14.3. The molecular formula is C50H54Si. The van der Waals surface area contributed by atoms with E-state index >= 15 is 0 Å². The van der Waals surface area contributed by atoms with Gasteiger partial charge in [0.15, 0.2) is 0 Å². The van der Waals surface area contributed by atoms with Crippen molar-refractivity contribution in [2.75, 3.05) is 0 Å². The summed E-state index contributed by atoms with van der Waals surface area (Å²) in [6.45, 7) is 21.9. The summed E-state index contributed by atoms with van der Waals surface area (Å²) >= 11 is 0. The van der Waals surface area contributed by atoms with E-state index in [2.05, 4.69) is 183 Å². The SMILES string of the molecule is CC1=Cc2c(-c3cc(C(C)(C)C)cc(C(C)(C)C)c3)cccc2C1[Si](C)(C)C1C(C2CC2)=Cc2c(-c3ccccc3-c3ccccc3)cccc21. The van der Waals surface area contributed by atoms with Crippen molar-refractivity contribution in [2.45, 2.75) is 96.3 Å². The summed E-state index contributed by atoms with van der Waals surface area (Å²) in [5.74, 6) is 0.721. The summed E-state index contributed by atoms with van der Waals surface area (Å²) in [6, 6.07) is 41.7. The lowest BCUT2D eigenvalue weighted by Gasteiger charge is -2.40. The van der Waals surface area contributed by atoms with Crippen LogP contribution in [0.5, 0.6) is 0 Å². The van der Waals surface area contributed by atoms with E-state index < -0.39 is 8.07 Å². The highest BCUT2D eigenvalue weighted by atomic mass is 28.3. The van der Waals surface area contributed by atoms with Crippen molar-refractivity contribution in [2.24, 2.45) is 5.92 Å². The van der Waals surface area contributed by atoms with Crippen molar-refractivity contribution in [1.29, 1.82) is 0 Å². The van der Waals surface area contributed by atoms with E-state index in [0.29, 0.717) is 11.1 Å². The van der Waals surface area contributed by atoms with E-state index in [4.69, 9.17) is 0 Å². The fourth-order valence-electron chi connectivity index (χ4n) is 9.46. The van der Waals surface area contributed by atoms with Crippen LogP contribution in [-0.4, -0.2) is 8.07 Å². The van der Waals surface area contributed by atoms with Crippen LogP contribution in [0.4, 0.5) is 0 Å². The lowest BCUT2D eigenvalue weighted by atomic mass is 9.78. The molecular weight excluding hydrogens is 629 g/mol. The van der Waals surface area contributed by atoms with Crippen molar-refractivity contribution in [3.8, 4) is 33.4 Å². The molecule has 0 N–H and O–H groups in total. The van der Waals surface area contributed by atoms with Crippen molar-refractivity contribution in [3.63, 3.8) is 0 Å². The molecule has 0 amide bonds. The number of hydrogen-bond acceptors (Lipinski definition) is 0. The molecule has 5 aromatic carbocycles. The van der Waals surface area contributed by atoms with Gasteiger partial charge in [-0.3, -0.25) is 0 Å². The summed E-state index contributed by atoms with van der Waals surface area (Å²) in [5, 5.41) is 0. The molecule has 5 aromatic rings. The third-order valence-electron chi connectivity index (χ3n) is 12.2. The topological polar surface area (TPSA) is 0 Å². The quantitative estimate of drug-likeness (QED) is 0.156. The minimum absolute atomic E-state index is 0.0824. The third-order valence-corrected chi connectivity index (χ3v) is 16.6. The van der Waals surface area contributed by atoms with Crippen LogP contribution in [0.15, 0.2) is 120 Å². The normalized spacial score (nSPS) is 18.7. The largest absolute Gasteiger partial charge is 0.0722 e. The molecule has 0 aliphatic heterocycles. The van der Waals surface area contributed by atoms with Gasteiger partial charge in [0, 0.05) is 11.1 Å². The van der Waals surface area contributed by atoms with Gasteiger partial charge in [-0.1, -0.05) is 187 Å². The van der Waals surface area contributed by atoms with Gasteiger partial charge in [0.25, 0.3) is 0 Å². The Kier molecular flexibility index (Phi) is 8.11. The zero-order valence-electron chi connectivity index (χ0n) is 32.2. The number of benzene rings is 5. The molecule has 258 valence electrons. The predicted octanol–water partition coefficient (Wildman–Crippen LogP) is 14.2. The van der Waals surface area contributed by atoms with Crippen LogP contribution in [0.3, 0.4) is 0 Å². The minimum Gasteiger partial charge on any atom is -0.0679 e. The summed E-state index contributed by atoms with van der Waals surface area (Å²) in [6.07, 6.45) is 7.88. The molecule has 0 heterocycles. The zero-order valence-corrected chi connectivity index (χ0v) is 33.2. The van der Waals surface area contributed by atoms with E-state index in [0.717, 1.165) is 5.92 Å². The Morgan fingerprint density at radius 2 is 1.04 bits per heavy atom. The second-order valence-electron chi connectivity index (χ2n) is 18.3. The molecule has 1 heteroatoms. The van der Waals surface area contributed by atoms with Crippen LogP contribution >= 0.6 is 0 Å². The van der Waals surface area contributed by atoms with Gasteiger partial charge in [0.2, 0.25) is 0 Å². The maximum absolute atomic E-state index is 2.70. The average molecular weight is 683 g/mol. The van der Waals surface area contributed by atoms with Gasteiger partial charge < -0.3 is 0 Å². The van der Waals surface area contributed by atoms with Crippen LogP contribution < -0.4 is 0 Å². The second-order valence-corrected chi connectivity index (χ2v) is 23.1. The molecule has 0 radical (unpaired) electrons. The highest BCUT2D eigenvalue weighted by molar-refractivity contribution is 6.81. The maximum Gasteiger partial charge on any atom is 0.0722 e. The summed E-state index contributed by atoms with van der Waals surface area (Å²) in [5.41, 5.74) is 21.3. The molecule has 3 aliphatic rings. The molecule has 0 aromatic heterocycles. The predicted molar refractivity (Wildman–Crippen MR) is 224 cm³/mol. The molecule has 2 atom stereocenters. The van der Waals surface area contributed by atoms with Crippen molar-refractivity contribution < 1.29 is 0 Å². The first-order valence-electron chi connectivity index (χ1n) is 19.2. The van der Waals surface area contributed by atoms with Gasteiger partial charge in [0.1, 0.15) is 0 Å². The zero-order chi connectivity index (χ0) is 35.9. The molecule has 51 heavy (non-hydrogen) atoms. The van der Waals surface area contributed by atoms with Crippen molar-refractivity contribution in [3.05, 3.63) is 154 Å². The minimum atomic E-state index is -2.03. The Morgan fingerprint density at radius 1 is 0.510 bits per heavy atom. The lowest BCUT2D eigenvalue weighted by molar-refractivity contribution is 0.569. The van der Waals surface area contributed by atoms with Gasteiger partial charge in [-0.15, -0.1) is 0 Å². The summed E-state index contributed by atoms with van der Waals surface area (Å²) in [7, 11) is -2.03. The molecule has 3 aliphatic carbocycles. The first-order valence-corrected chi connectivity index (χ1v) is 22.4.